The predicted molar refractivity (Wildman–Crippen MR) is 77.9 cm³/mol. The molecule has 1 saturated carbocycles. The lowest BCUT2D eigenvalue weighted by Gasteiger charge is -2.13. The minimum Gasteiger partial charge on any atom is -0.370 e. The summed E-state index contributed by atoms with van der Waals surface area (Å²) in [7, 11) is 0. The van der Waals surface area contributed by atoms with Gasteiger partial charge in [-0.3, -0.25) is 0 Å². The first-order valence-corrected chi connectivity index (χ1v) is 7.82. The maximum atomic E-state index is 5.66. The van der Waals surface area contributed by atoms with Gasteiger partial charge in [-0.05, 0) is 49.9 Å². The zero-order valence-corrected chi connectivity index (χ0v) is 12.1. The maximum Gasteiger partial charge on any atom is 0.0967 e. The molecule has 2 rings (SSSR count). The van der Waals surface area contributed by atoms with Crippen molar-refractivity contribution >= 4 is 11.8 Å². The summed E-state index contributed by atoms with van der Waals surface area (Å²) in [6.07, 6.45) is 2.72. The second-order valence-electron chi connectivity index (χ2n) is 4.93. The van der Waals surface area contributed by atoms with E-state index in [0.717, 1.165) is 25.0 Å². The summed E-state index contributed by atoms with van der Waals surface area (Å²) in [5.41, 5.74) is 1.35. The Bertz CT molecular complexity index is 365. The zero-order valence-electron chi connectivity index (χ0n) is 11.3. The second-order valence-corrected chi connectivity index (χ2v) is 5.92. The van der Waals surface area contributed by atoms with E-state index in [0.29, 0.717) is 6.04 Å². The van der Waals surface area contributed by atoms with Gasteiger partial charge in [0.25, 0.3) is 0 Å². The Morgan fingerprint density at radius 1 is 1.44 bits per heavy atom. The van der Waals surface area contributed by atoms with Gasteiger partial charge in [0.05, 0.1) is 12.5 Å². The average Bonchev–Trinajstić information content (AvgIpc) is 3.19. The van der Waals surface area contributed by atoms with Crippen LogP contribution in [0.1, 0.15) is 38.3 Å². The lowest BCUT2D eigenvalue weighted by molar-refractivity contribution is 0.171. The summed E-state index contributed by atoms with van der Waals surface area (Å²) in [6, 6.07) is 9.16. The molecule has 2 nitrogen and oxygen atoms in total. The van der Waals surface area contributed by atoms with Crippen LogP contribution in [0.4, 0.5) is 0 Å². The molecule has 0 aliphatic heterocycles. The summed E-state index contributed by atoms with van der Waals surface area (Å²) >= 11 is 1.79. The van der Waals surface area contributed by atoms with E-state index in [9.17, 15) is 0 Å². The Balaban J connectivity index is 1.78. The summed E-state index contributed by atoms with van der Waals surface area (Å²) in [6.45, 7) is 6.29. The number of nitrogens with one attached hydrogen (secondary N) is 1. The van der Waals surface area contributed by atoms with Crippen LogP contribution in [0, 0.1) is 5.92 Å². The highest BCUT2D eigenvalue weighted by Crippen LogP contribution is 2.29. The highest BCUT2D eigenvalue weighted by molar-refractivity contribution is 7.99. The van der Waals surface area contributed by atoms with Gasteiger partial charge >= 0.3 is 0 Å². The van der Waals surface area contributed by atoms with Crippen LogP contribution in [-0.2, 0) is 4.74 Å². The molecule has 1 atom stereocenters. The van der Waals surface area contributed by atoms with Crippen molar-refractivity contribution in [2.75, 3.05) is 19.1 Å². The molecule has 1 aliphatic carbocycles. The van der Waals surface area contributed by atoms with Crippen molar-refractivity contribution < 1.29 is 4.74 Å². The van der Waals surface area contributed by atoms with Crippen molar-refractivity contribution in [2.45, 2.75) is 37.6 Å². The third kappa shape index (κ3) is 4.63. The molecule has 1 fully saturated rings. The molecule has 1 aliphatic rings. The predicted octanol–water partition coefficient (Wildman–Crippen LogP) is 3.83. The standard InChI is InChI=1S/C15H23NOS/c1-3-16-12(2)14-5-4-6-15(9-14)18-11-17-10-13-7-8-13/h4-6,9,12-13,16H,3,7-8,10-11H2,1-2H3. The van der Waals surface area contributed by atoms with Gasteiger partial charge in [-0.2, -0.15) is 0 Å². The molecule has 0 saturated heterocycles. The van der Waals surface area contributed by atoms with E-state index in [1.54, 1.807) is 11.8 Å². The highest BCUT2D eigenvalue weighted by atomic mass is 32.2. The fourth-order valence-corrected chi connectivity index (χ4v) is 2.62. The van der Waals surface area contributed by atoms with Gasteiger partial charge in [0, 0.05) is 10.9 Å². The minimum absolute atomic E-state index is 0.419. The Morgan fingerprint density at radius 3 is 3.00 bits per heavy atom. The summed E-state index contributed by atoms with van der Waals surface area (Å²) in [5, 5.41) is 3.44. The number of thioether (sulfide) groups is 1. The zero-order chi connectivity index (χ0) is 12.8. The molecule has 1 aromatic rings. The lowest BCUT2D eigenvalue weighted by atomic mass is 10.1. The Morgan fingerprint density at radius 2 is 2.28 bits per heavy atom. The van der Waals surface area contributed by atoms with Gasteiger partial charge in [-0.25, -0.2) is 0 Å². The molecule has 0 spiro atoms. The van der Waals surface area contributed by atoms with Crippen molar-refractivity contribution in [1.29, 1.82) is 0 Å². The van der Waals surface area contributed by atoms with Crippen molar-refractivity contribution in [1.82, 2.24) is 5.32 Å². The van der Waals surface area contributed by atoms with Gasteiger partial charge < -0.3 is 10.1 Å². The number of benzene rings is 1. The van der Waals surface area contributed by atoms with Gasteiger partial charge in [0.15, 0.2) is 0 Å². The average molecular weight is 265 g/mol. The van der Waals surface area contributed by atoms with Crippen LogP contribution < -0.4 is 5.32 Å². The Hall–Kier alpha value is -0.510. The maximum absolute atomic E-state index is 5.66. The van der Waals surface area contributed by atoms with Crippen molar-refractivity contribution in [3.8, 4) is 0 Å². The SMILES string of the molecule is CCNC(C)c1cccc(SCOCC2CC2)c1. The molecular weight excluding hydrogens is 242 g/mol. The fourth-order valence-electron chi connectivity index (χ4n) is 1.91. The molecule has 3 heteroatoms. The Kier molecular flexibility index (Phi) is 5.54. The first-order valence-electron chi connectivity index (χ1n) is 6.83. The molecule has 0 bridgehead atoms. The third-order valence-corrected chi connectivity index (χ3v) is 4.10. The molecular formula is C15H23NOS. The van der Waals surface area contributed by atoms with Crippen LogP contribution in [0.5, 0.6) is 0 Å². The molecule has 1 N–H and O–H groups in total. The second kappa shape index (κ2) is 7.17. The first kappa shape index (κ1) is 13.9. The summed E-state index contributed by atoms with van der Waals surface area (Å²) < 4.78 is 5.66. The van der Waals surface area contributed by atoms with Crippen LogP contribution in [0.15, 0.2) is 29.2 Å². The van der Waals surface area contributed by atoms with E-state index in [1.807, 2.05) is 0 Å². The van der Waals surface area contributed by atoms with E-state index >= 15 is 0 Å². The van der Waals surface area contributed by atoms with E-state index in [1.165, 1.54) is 23.3 Å². The Labute approximate surface area is 114 Å². The highest BCUT2D eigenvalue weighted by Gasteiger charge is 2.20. The number of rotatable bonds is 8. The monoisotopic (exact) mass is 265 g/mol. The molecule has 1 aromatic carbocycles. The van der Waals surface area contributed by atoms with E-state index in [4.69, 9.17) is 4.74 Å². The molecule has 0 aromatic heterocycles. The molecule has 1 unspecified atom stereocenters. The summed E-state index contributed by atoms with van der Waals surface area (Å²) in [5.74, 6) is 1.63. The summed E-state index contributed by atoms with van der Waals surface area (Å²) in [4.78, 5) is 1.30. The van der Waals surface area contributed by atoms with Crippen LogP contribution in [0.2, 0.25) is 0 Å². The van der Waals surface area contributed by atoms with E-state index < -0.39 is 0 Å². The van der Waals surface area contributed by atoms with E-state index in [2.05, 4.69) is 43.4 Å². The number of hydrogen-bond donors (Lipinski definition) is 1. The van der Waals surface area contributed by atoms with Gasteiger partial charge in [0.1, 0.15) is 0 Å². The smallest absolute Gasteiger partial charge is 0.0967 e. The minimum atomic E-state index is 0.419. The van der Waals surface area contributed by atoms with Crippen molar-refractivity contribution in [3.05, 3.63) is 29.8 Å². The van der Waals surface area contributed by atoms with Gasteiger partial charge in [-0.1, -0.05) is 30.8 Å². The quantitative estimate of drug-likeness (QED) is 0.438. The van der Waals surface area contributed by atoms with Gasteiger partial charge in [0.2, 0.25) is 0 Å². The van der Waals surface area contributed by atoms with Gasteiger partial charge in [-0.15, -0.1) is 0 Å². The lowest BCUT2D eigenvalue weighted by Crippen LogP contribution is -2.17. The normalized spacial score (nSPS) is 16.8. The topological polar surface area (TPSA) is 21.3 Å². The molecule has 18 heavy (non-hydrogen) atoms. The van der Waals surface area contributed by atoms with Crippen LogP contribution in [0.3, 0.4) is 0 Å². The first-order chi connectivity index (χ1) is 8.79. The van der Waals surface area contributed by atoms with Crippen LogP contribution in [-0.4, -0.2) is 19.1 Å². The van der Waals surface area contributed by atoms with E-state index in [-0.39, 0.29) is 0 Å². The molecule has 100 valence electrons. The molecule has 0 amide bonds. The molecule has 0 heterocycles. The van der Waals surface area contributed by atoms with Crippen molar-refractivity contribution in [3.63, 3.8) is 0 Å². The fraction of sp³-hybridized carbons (Fsp3) is 0.600. The van der Waals surface area contributed by atoms with Crippen LogP contribution >= 0.6 is 11.8 Å². The number of hydrogen-bond acceptors (Lipinski definition) is 3. The van der Waals surface area contributed by atoms with Crippen molar-refractivity contribution in [2.24, 2.45) is 5.92 Å². The molecule has 0 radical (unpaired) electrons. The third-order valence-electron chi connectivity index (χ3n) is 3.23. The number of ether oxygens (including phenoxy) is 1. The van der Waals surface area contributed by atoms with Crippen LogP contribution in [0.25, 0.3) is 0 Å². The largest absolute Gasteiger partial charge is 0.370 e.